The van der Waals surface area contributed by atoms with Gasteiger partial charge in [0.05, 0.1) is 4.87 Å². The van der Waals surface area contributed by atoms with E-state index in [1.807, 2.05) is 44.2 Å². The number of carbonyl (C=O) groups is 1. The Morgan fingerprint density at radius 3 is 2.10 bits per heavy atom. The molecule has 0 aliphatic heterocycles. The van der Waals surface area contributed by atoms with E-state index in [4.69, 9.17) is 11.6 Å². The molecule has 0 saturated heterocycles. The van der Waals surface area contributed by atoms with Crippen molar-refractivity contribution in [3.8, 4) is 0 Å². The minimum absolute atomic E-state index is 0.134. The topological polar surface area (TPSA) is 17.1 Å². The minimum atomic E-state index is -0.544. The van der Waals surface area contributed by atoms with Crippen LogP contribution >= 0.6 is 11.6 Å². The van der Waals surface area contributed by atoms with Gasteiger partial charge in [0.15, 0.2) is 5.78 Å². The monoisotopic (exact) mass is 288 g/mol. The molecule has 1 aromatic carbocycles. The van der Waals surface area contributed by atoms with E-state index in [1.54, 1.807) is 0 Å². The largest absolute Gasteiger partial charge is 0.294 e. The molecule has 2 heteroatoms. The lowest BCUT2D eigenvalue weighted by Crippen LogP contribution is -2.27. The average molecular weight is 289 g/mol. The predicted octanol–water partition coefficient (Wildman–Crippen LogP) is 5.17. The zero-order valence-electron chi connectivity index (χ0n) is 12.8. The van der Waals surface area contributed by atoms with Crippen LogP contribution in [0.5, 0.6) is 0 Å². The summed E-state index contributed by atoms with van der Waals surface area (Å²) < 4.78 is 0. The number of Topliss-reactive ketones (excluding diaryl/α,β-unsaturated/α-hetero) is 1. The zero-order chi connectivity index (χ0) is 15.1. The Morgan fingerprint density at radius 1 is 1.10 bits per heavy atom. The van der Waals surface area contributed by atoms with E-state index in [-0.39, 0.29) is 11.7 Å². The van der Waals surface area contributed by atoms with E-state index < -0.39 is 4.87 Å². The molecule has 0 aromatic heterocycles. The lowest BCUT2D eigenvalue weighted by Gasteiger charge is -2.27. The summed E-state index contributed by atoms with van der Waals surface area (Å²) in [5.41, 5.74) is 5.32. The standard InChI is InChI=1S/C18H21ClO/c1-11-12(2)16(18(5,19)14(11)4)13(3)17(20)15-9-7-6-8-10-15/h6-10,13H,1-5H3. The fraction of sp³-hybridized carbons (Fsp3) is 0.389. The number of hydrogen-bond donors (Lipinski definition) is 0. The molecule has 1 nitrogen and oxygen atoms in total. The Balaban J connectivity index is 2.41. The summed E-state index contributed by atoms with van der Waals surface area (Å²) in [5, 5.41) is 0. The molecule has 1 aliphatic rings. The Morgan fingerprint density at radius 2 is 1.65 bits per heavy atom. The number of ketones is 1. The highest BCUT2D eigenvalue weighted by molar-refractivity contribution is 6.29. The van der Waals surface area contributed by atoms with Crippen molar-refractivity contribution in [1.82, 2.24) is 0 Å². The lowest BCUT2D eigenvalue weighted by molar-refractivity contribution is 0.0945. The molecule has 0 saturated carbocycles. The zero-order valence-corrected chi connectivity index (χ0v) is 13.5. The first kappa shape index (κ1) is 15.1. The van der Waals surface area contributed by atoms with Crippen molar-refractivity contribution >= 4 is 17.4 Å². The normalized spacial score (nSPS) is 24.3. The van der Waals surface area contributed by atoms with E-state index in [0.717, 1.165) is 22.3 Å². The van der Waals surface area contributed by atoms with Crippen LogP contribution in [0.25, 0.3) is 0 Å². The molecule has 1 aromatic rings. The molecule has 0 fully saturated rings. The molecule has 0 spiro atoms. The van der Waals surface area contributed by atoms with Crippen molar-refractivity contribution in [2.24, 2.45) is 5.92 Å². The van der Waals surface area contributed by atoms with Gasteiger partial charge < -0.3 is 0 Å². The van der Waals surface area contributed by atoms with Crippen LogP contribution in [0.15, 0.2) is 52.6 Å². The number of allylic oxidation sites excluding steroid dienone is 4. The number of alkyl halides is 1. The second-order valence-corrected chi connectivity index (χ2v) is 6.50. The molecule has 0 N–H and O–H groups in total. The molecule has 0 radical (unpaired) electrons. The Bertz CT molecular complexity index is 606. The molecule has 2 rings (SSSR count). The molecular formula is C18H21ClO. The van der Waals surface area contributed by atoms with Crippen LogP contribution in [-0.4, -0.2) is 10.7 Å². The van der Waals surface area contributed by atoms with Gasteiger partial charge in [-0.25, -0.2) is 0 Å². The van der Waals surface area contributed by atoms with Crippen LogP contribution in [0.1, 0.15) is 45.0 Å². The summed E-state index contributed by atoms with van der Waals surface area (Å²) in [5.74, 6) is -0.0679. The van der Waals surface area contributed by atoms with Crippen LogP contribution in [-0.2, 0) is 0 Å². The van der Waals surface area contributed by atoms with Crippen molar-refractivity contribution in [3.63, 3.8) is 0 Å². The van der Waals surface area contributed by atoms with Crippen LogP contribution in [0.4, 0.5) is 0 Å². The number of carbonyl (C=O) groups excluding carboxylic acids is 1. The van der Waals surface area contributed by atoms with Crippen molar-refractivity contribution in [2.45, 2.75) is 39.5 Å². The van der Waals surface area contributed by atoms with Gasteiger partial charge in [-0.05, 0) is 50.0 Å². The molecule has 20 heavy (non-hydrogen) atoms. The van der Waals surface area contributed by atoms with Gasteiger partial charge in [-0.2, -0.15) is 0 Å². The molecule has 106 valence electrons. The predicted molar refractivity (Wildman–Crippen MR) is 85.3 cm³/mol. The maximum absolute atomic E-state index is 12.7. The first-order valence-electron chi connectivity index (χ1n) is 6.96. The third kappa shape index (κ3) is 2.25. The third-order valence-electron chi connectivity index (χ3n) is 4.62. The summed E-state index contributed by atoms with van der Waals surface area (Å²) >= 11 is 6.73. The second-order valence-electron chi connectivity index (χ2n) is 5.74. The van der Waals surface area contributed by atoms with Crippen molar-refractivity contribution in [1.29, 1.82) is 0 Å². The van der Waals surface area contributed by atoms with Crippen molar-refractivity contribution in [3.05, 3.63) is 58.2 Å². The van der Waals surface area contributed by atoms with E-state index in [2.05, 4.69) is 20.8 Å². The third-order valence-corrected chi connectivity index (χ3v) is 5.11. The van der Waals surface area contributed by atoms with Crippen molar-refractivity contribution in [2.75, 3.05) is 0 Å². The Hall–Kier alpha value is -1.34. The molecule has 0 amide bonds. The van der Waals surface area contributed by atoms with Crippen molar-refractivity contribution < 1.29 is 4.79 Å². The molecule has 0 bridgehead atoms. The number of rotatable bonds is 3. The molecule has 0 heterocycles. The van der Waals surface area contributed by atoms with E-state index >= 15 is 0 Å². The minimum Gasteiger partial charge on any atom is -0.294 e. The highest BCUT2D eigenvalue weighted by Gasteiger charge is 2.41. The smallest absolute Gasteiger partial charge is 0.169 e. The maximum Gasteiger partial charge on any atom is 0.169 e. The van der Waals surface area contributed by atoms with Gasteiger partial charge in [-0.1, -0.05) is 37.3 Å². The van der Waals surface area contributed by atoms with Gasteiger partial charge in [-0.15, -0.1) is 11.6 Å². The fourth-order valence-corrected chi connectivity index (χ4v) is 3.55. The van der Waals surface area contributed by atoms with Gasteiger partial charge in [0.2, 0.25) is 0 Å². The highest BCUT2D eigenvalue weighted by atomic mass is 35.5. The second kappa shape index (κ2) is 5.21. The summed E-state index contributed by atoms with van der Waals surface area (Å²) in [4.78, 5) is 12.1. The molecule has 2 unspecified atom stereocenters. The van der Waals surface area contributed by atoms with E-state index in [1.165, 1.54) is 5.57 Å². The van der Waals surface area contributed by atoms with E-state index in [0.29, 0.717) is 0 Å². The molecule has 1 aliphatic carbocycles. The first-order valence-corrected chi connectivity index (χ1v) is 7.34. The number of halogens is 1. The first-order chi connectivity index (χ1) is 9.28. The van der Waals surface area contributed by atoms with Crippen LogP contribution in [0, 0.1) is 5.92 Å². The highest BCUT2D eigenvalue weighted by Crippen LogP contribution is 2.48. The van der Waals surface area contributed by atoms with Gasteiger partial charge in [0.25, 0.3) is 0 Å². The SMILES string of the molecule is CC1=C(C)C(C)(Cl)C(C(C)C(=O)c2ccccc2)=C1C. The fourth-order valence-electron chi connectivity index (χ4n) is 3.10. The molecule has 2 atom stereocenters. The average Bonchev–Trinajstić information content (AvgIpc) is 2.59. The quantitative estimate of drug-likeness (QED) is 0.554. The lowest BCUT2D eigenvalue weighted by atomic mass is 9.83. The van der Waals surface area contributed by atoms with Gasteiger partial charge in [0.1, 0.15) is 0 Å². The van der Waals surface area contributed by atoms with Gasteiger partial charge in [0, 0.05) is 11.5 Å². The van der Waals surface area contributed by atoms with Gasteiger partial charge >= 0.3 is 0 Å². The van der Waals surface area contributed by atoms with E-state index in [9.17, 15) is 4.79 Å². The number of hydrogen-bond acceptors (Lipinski definition) is 1. The van der Waals surface area contributed by atoms with Crippen LogP contribution in [0.2, 0.25) is 0 Å². The van der Waals surface area contributed by atoms with Gasteiger partial charge in [-0.3, -0.25) is 4.79 Å². The summed E-state index contributed by atoms with van der Waals surface area (Å²) in [6, 6.07) is 9.43. The Kier molecular flexibility index (Phi) is 3.93. The summed E-state index contributed by atoms with van der Waals surface area (Å²) in [7, 11) is 0. The van der Waals surface area contributed by atoms with Crippen LogP contribution < -0.4 is 0 Å². The summed E-state index contributed by atoms with van der Waals surface area (Å²) in [6.45, 7) is 10.2. The number of benzene rings is 1. The molecular weight excluding hydrogens is 268 g/mol. The van der Waals surface area contributed by atoms with Crippen LogP contribution in [0.3, 0.4) is 0 Å². The maximum atomic E-state index is 12.7. The summed E-state index contributed by atoms with van der Waals surface area (Å²) in [6.07, 6.45) is 0. The Labute approximate surface area is 126 Å².